The third kappa shape index (κ3) is 5.21. The first-order valence-electron chi connectivity index (χ1n) is 13.1. The van der Waals surface area contributed by atoms with Crippen molar-refractivity contribution in [3.63, 3.8) is 0 Å². The van der Waals surface area contributed by atoms with Crippen LogP contribution in [0.3, 0.4) is 0 Å². The van der Waals surface area contributed by atoms with Gasteiger partial charge in [-0.3, -0.25) is 0 Å². The van der Waals surface area contributed by atoms with E-state index in [1.54, 1.807) is 12.1 Å². The molecule has 0 bridgehead atoms. The van der Waals surface area contributed by atoms with E-state index in [2.05, 4.69) is 6.58 Å². The summed E-state index contributed by atoms with van der Waals surface area (Å²) in [5, 5.41) is 0. The van der Waals surface area contributed by atoms with Crippen LogP contribution in [0.25, 0.3) is 0 Å². The van der Waals surface area contributed by atoms with Gasteiger partial charge in [0.25, 0.3) is 0 Å². The molecule has 2 aliphatic carbocycles. The Morgan fingerprint density at radius 2 is 1.23 bits per heavy atom. The lowest BCUT2D eigenvalue weighted by atomic mass is 9.75. The van der Waals surface area contributed by atoms with Gasteiger partial charge in [-0.05, 0) is 105 Å². The van der Waals surface area contributed by atoms with Gasteiger partial charge in [-0.1, -0.05) is 30.3 Å². The first-order chi connectivity index (χ1) is 17.0. The van der Waals surface area contributed by atoms with Crippen molar-refractivity contribution >= 4 is 0 Å². The van der Waals surface area contributed by atoms with E-state index < -0.39 is 23.3 Å². The van der Waals surface area contributed by atoms with Crippen LogP contribution in [0, 0.1) is 35.1 Å². The molecule has 1 aliphatic heterocycles. The molecule has 1 atom stereocenters. The van der Waals surface area contributed by atoms with Crippen LogP contribution in [-0.4, -0.2) is 6.61 Å². The quantitative estimate of drug-likeness (QED) is 0.217. The topological polar surface area (TPSA) is 12.5 Å². The maximum absolute atomic E-state index is 15.1. The third-order valence-corrected chi connectivity index (χ3v) is 8.67. The fraction of sp³-hybridized carbons (Fsp3) is 0.533. The summed E-state index contributed by atoms with van der Waals surface area (Å²) < 4.78 is 64.0. The van der Waals surface area contributed by atoms with Crippen LogP contribution in [-0.2, 0) is 11.2 Å². The zero-order chi connectivity index (χ0) is 24.5. The zero-order valence-electron chi connectivity index (χ0n) is 20.2. The largest absolute Gasteiger partial charge is 0.368 e. The Hall–Kier alpha value is -2.14. The molecular formula is C30H34F4O. The van der Waals surface area contributed by atoms with Crippen molar-refractivity contribution in [3.05, 3.63) is 82.4 Å². The number of ether oxygens (including phenoxy) is 1. The lowest BCUT2D eigenvalue weighted by molar-refractivity contribution is 0.302. The van der Waals surface area contributed by atoms with Gasteiger partial charge in [0, 0.05) is 5.56 Å². The van der Waals surface area contributed by atoms with E-state index in [1.807, 2.05) is 18.2 Å². The molecule has 35 heavy (non-hydrogen) atoms. The highest BCUT2D eigenvalue weighted by Crippen LogP contribution is 2.42. The van der Waals surface area contributed by atoms with Gasteiger partial charge in [-0.25, -0.2) is 17.6 Å². The number of aryl methyl sites for hydroxylation is 1. The lowest BCUT2D eigenvalue weighted by Gasteiger charge is -2.30. The summed E-state index contributed by atoms with van der Waals surface area (Å²) in [6.07, 6.45) is 9.99. The normalized spacial score (nSPS) is 28.6. The predicted molar refractivity (Wildman–Crippen MR) is 129 cm³/mol. The van der Waals surface area contributed by atoms with E-state index >= 15 is 8.78 Å². The molecule has 2 saturated carbocycles. The van der Waals surface area contributed by atoms with Gasteiger partial charge < -0.3 is 4.74 Å². The number of benzene rings is 2. The SMILES string of the molecule is C=CC1CCC(c2ccc(C3CCC(CCc4ccc(C5CO5)c(F)c4F)CC3)c(F)c2F)CC1. The summed E-state index contributed by atoms with van der Waals surface area (Å²) in [7, 11) is 0. The van der Waals surface area contributed by atoms with Crippen LogP contribution in [0.2, 0.25) is 0 Å². The summed E-state index contributed by atoms with van der Waals surface area (Å²) >= 11 is 0. The Morgan fingerprint density at radius 1 is 0.714 bits per heavy atom. The van der Waals surface area contributed by atoms with Crippen molar-refractivity contribution in [2.75, 3.05) is 6.61 Å². The number of rotatable bonds is 7. The van der Waals surface area contributed by atoms with E-state index in [0.717, 1.165) is 57.8 Å². The third-order valence-electron chi connectivity index (χ3n) is 8.67. The Balaban J connectivity index is 1.16. The monoisotopic (exact) mass is 486 g/mol. The summed E-state index contributed by atoms with van der Waals surface area (Å²) in [6.45, 7) is 4.30. The zero-order valence-corrected chi connectivity index (χ0v) is 20.2. The van der Waals surface area contributed by atoms with Crippen LogP contribution in [0.1, 0.15) is 98.0 Å². The molecule has 188 valence electrons. The molecule has 2 aromatic carbocycles. The van der Waals surface area contributed by atoms with Gasteiger partial charge >= 0.3 is 0 Å². The minimum absolute atomic E-state index is 0.0123. The molecule has 1 heterocycles. The second kappa shape index (κ2) is 10.5. The highest BCUT2D eigenvalue weighted by Gasteiger charge is 2.31. The molecule has 1 unspecified atom stereocenters. The van der Waals surface area contributed by atoms with Gasteiger partial charge in [0.05, 0.1) is 6.61 Å². The summed E-state index contributed by atoms with van der Waals surface area (Å²) in [4.78, 5) is 0. The minimum Gasteiger partial charge on any atom is -0.368 e. The summed E-state index contributed by atoms with van der Waals surface area (Å²) in [6, 6.07) is 6.92. The maximum Gasteiger partial charge on any atom is 0.164 e. The molecule has 0 spiro atoms. The van der Waals surface area contributed by atoms with E-state index in [4.69, 9.17) is 4.74 Å². The second-order valence-electron chi connectivity index (χ2n) is 10.7. The standard InChI is InChI=1S/C30H34F4O/c1-2-18-3-8-20(9-4-18)23-15-16-24(29(33)28(23)32)21-10-5-19(6-11-21)7-12-22-13-14-25(26-17-35-26)30(34)27(22)31/h2,13-16,18-21,26H,1,3-12,17H2. The van der Waals surface area contributed by atoms with Crippen LogP contribution < -0.4 is 0 Å². The first kappa shape index (κ1) is 24.5. The predicted octanol–water partition coefficient (Wildman–Crippen LogP) is 8.68. The van der Waals surface area contributed by atoms with Crippen LogP contribution in [0.4, 0.5) is 17.6 Å². The number of epoxide rings is 1. The van der Waals surface area contributed by atoms with Crippen molar-refractivity contribution < 1.29 is 22.3 Å². The number of hydrogen-bond donors (Lipinski definition) is 0. The average molecular weight is 487 g/mol. The molecule has 2 aromatic rings. The molecular weight excluding hydrogens is 452 g/mol. The second-order valence-corrected chi connectivity index (χ2v) is 10.7. The molecule has 1 saturated heterocycles. The molecule has 3 fully saturated rings. The smallest absolute Gasteiger partial charge is 0.164 e. The maximum atomic E-state index is 15.1. The van der Waals surface area contributed by atoms with Gasteiger partial charge in [-0.15, -0.1) is 6.58 Å². The van der Waals surface area contributed by atoms with Gasteiger partial charge in [0.1, 0.15) is 6.10 Å². The average Bonchev–Trinajstić information content (AvgIpc) is 3.72. The van der Waals surface area contributed by atoms with Crippen molar-refractivity contribution in [1.82, 2.24) is 0 Å². The van der Waals surface area contributed by atoms with E-state index in [-0.39, 0.29) is 17.9 Å². The molecule has 0 radical (unpaired) electrons. The molecule has 0 amide bonds. The van der Waals surface area contributed by atoms with Crippen molar-refractivity contribution in [2.45, 2.75) is 82.1 Å². The Labute approximate surface area is 205 Å². The first-order valence-corrected chi connectivity index (χ1v) is 13.1. The highest BCUT2D eigenvalue weighted by molar-refractivity contribution is 5.32. The summed E-state index contributed by atoms with van der Waals surface area (Å²) in [5.41, 5.74) is 1.72. The molecule has 3 aliphatic rings. The van der Waals surface area contributed by atoms with E-state index in [9.17, 15) is 8.78 Å². The number of halogens is 4. The number of allylic oxidation sites excluding steroid dienone is 1. The number of hydrogen-bond acceptors (Lipinski definition) is 1. The molecule has 5 heteroatoms. The lowest BCUT2D eigenvalue weighted by Crippen LogP contribution is -2.17. The highest BCUT2D eigenvalue weighted by atomic mass is 19.2. The van der Waals surface area contributed by atoms with Crippen molar-refractivity contribution in [2.24, 2.45) is 11.8 Å². The van der Waals surface area contributed by atoms with E-state index in [0.29, 0.717) is 47.1 Å². The minimum atomic E-state index is -0.789. The Bertz CT molecular complexity index is 1060. The fourth-order valence-electron chi connectivity index (χ4n) is 6.27. The summed E-state index contributed by atoms with van der Waals surface area (Å²) in [5.74, 6) is -1.92. The van der Waals surface area contributed by atoms with Crippen LogP contribution in [0.15, 0.2) is 36.9 Å². The van der Waals surface area contributed by atoms with Gasteiger partial charge in [-0.2, -0.15) is 0 Å². The molecule has 0 N–H and O–H groups in total. The molecule has 0 aromatic heterocycles. The fourth-order valence-corrected chi connectivity index (χ4v) is 6.27. The Morgan fingerprint density at radius 3 is 1.77 bits per heavy atom. The van der Waals surface area contributed by atoms with Gasteiger partial charge in [0.2, 0.25) is 0 Å². The van der Waals surface area contributed by atoms with Crippen LogP contribution in [0.5, 0.6) is 0 Å². The Kier molecular flexibility index (Phi) is 7.34. The van der Waals surface area contributed by atoms with Gasteiger partial charge in [0.15, 0.2) is 23.3 Å². The molecule has 1 nitrogen and oxygen atoms in total. The molecule has 5 rings (SSSR count). The van der Waals surface area contributed by atoms with Crippen molar-refractivity contribution in [3.8, 4) is 0 Å². The van der Waals surface area contributed by atoms with Crippen molar-refractivity contribution in [1.29, 1.82) is 0 Å². The van der Waals surface area contributed by atoms with Crippen LogP contribution >= 0.6 is 0 Å². The van der Waals surface area contributed by atoms with E-state index in [1.165, 1.54) is 0 Å².